The second-order valence-corrected chi connectivity index (χ2v) is 6.61. The molecule has 0 aliphatic heterocycles. The first-order valence-corrected chi connectivity index (χ1v) is 8.71. The first kappa shape index (κ1) is 18.5. The van der Waals surface area contributed by atoms with Crippen molar-refractivity contribution >= 4 is 46.9 Å². The highest BCUT2D eigenvalue weighted by Gasteiger charge is 2.10. The minimum atomic E-state index is -0.422. The summed E-state index contributed by atoms with van der Waals surface area (Å²) < 4.78 is 1.61. The molecule has 1 heterocycles. The van der Waals surface area contributed by atoms with Crippen LogP contribution in [0.4, 0.5) is 0 Å². The van der Waals surface area contributed by atoms with Crippen molar-refractivity contribution in [2.75, 3.05) is 0 Å². The minimum Gasteiger partial charge on any atom is -0.267 e. The molecule has 8 heteroatoms. The van der Waals surface area contributed by atoms with Crippen LogP contribution in [0.25, 0.3) is 0 Å². The standard InChI is InChI=1S/C18H13Cl3N4O/c19-14-6-5-13(16(21)9-14)11-25-8-7-17(24-25)18(26)23-22-10-12-3-1-2-4-15(12)20/h1-10H,11H2,(H,23,26). The Labute approximate surface area is 165 Å². The van der Waals surface area contributed by atoms with E-state index in [-0.39, 0.29) is 5.69 Å². The van der Waals surface area contributed by atoms with Crippen molar-refractivity contribution in [3.8, 4) is 0 Å². The number of benzene rings is 2. The Balaban J connectivity index is 1.63. The van der Waals surface area contributed by atoms with Gasteiger partial charge >= 0.3 is 0 Å². The highest BCUT2D eigenvalue weighted by molar-refractivity contribution is 6.35. The molecule has 0 spiro atoms. The van der Waals surface area contributed by atoms with Gasteiger partial charge in [-0.1, -0.05) is 59.1 Å². The highest BCUT2D eigenvalue weighted by atomic mass is 35.5. The summed E-state index contributed by atoms with van der Waals surface area (Å²) in [6.45, 7) is 0.423. The molecule has 1 N–H and O–H groups in total. The first-order valence-electron chi connectivity index (χ1n) is 7.58. The van der Waals surface area contributed by atoms with Crippen LogP contribution in [0, 0.1) is 0 Å². The monoisotopic (exact) mass is 406 g/mol. The van der Waals surface area contributed by atoms with Crippen LogP contribution in [0.3, 0.4) is 0 Å². The van der Waals surface area contributed by atoms with Gasteiger partial charge in [0.05, 0.1) is 12.8 Å². The van der Waals surface area contributed by atoms with Crippen LogP contribution in [0.2, 0.25) is 15.1 Å². The lowest BCUT2D eigenvalue weighted by Gasteiger charge is -2.05. The molecular weight excluding hydrogens is 395 g/mol. The van der Waals surface area contributed by atoms with Gasteiger partial charge in [0.2, 0.25) is 0 Å². The maximum Gasteiger partial charge on any atom is 0.291 e. The van der Waals surface area contributed by atoms with Gasteiger partial charge in [-0.2, -0.15) is 10.2 Å². The lowest BCUT2D eigenvalue weighted by atomic mass is 10.2. The smallest absolute Gasteiger partial charge is 0.267 e. The number of carbonyl (C=O) groups is 1. The molecule has 0 radical (unpaired) electrons. The molecule has 132 valence electrons. The number of halogens is 3. The molecule has 0 atom stereocenters. The Morgan fingerprint density at radius 3 is 2.69 bits per heavy atom. The average molecular weight is 408 g/mol. The first-order chi connectivity index (χ1) is 12.5. The van der Waals surface area contributed by atoms with Crippen LogP contribution >= 0.6 is 34.8 Å². The van der Waals surface area contributed by atoms with Crippen molar-refractivity contribution in [1.82, 2.24) is 15.2 Å². The molecular formula is C18H13Cl3N4O. The van der Waals surface area contributed by atoms with Gasteiger partial charge in [0.25, 0.3) is 5.91 Å². The Hall–Kier alpha value is -2.34. The number of hydrogen-bond acceptors (Lipinski definition) is 3. The zero-order valence-corrected chi connectivity index (χ0v) is 15.6. The summed E-state index contributed by atoms with van der Waals surface area (Å²) in [5.41, 5.74) is 4.22. The van der Waals surface area contributed by atoms with Gasteiger partial charge in [-0.3, -0.25) is 9.48 Å². The molecule has 26 heavy (non-hydrogen) atoms. The van der Waals surface area contributed by atoms with E-state index in [9.17, 15) is 4.79 Å². The number of nitrogens with zero attached hydrogens (tertiary/aromatic N) is 3. The third-order valence-electron chi connectivity index (χ3n) is 3.50. The maximum atomic E-state index is 12.1. The molecule has 0 saturated heterocycles. The van der Waals surface area contributed by atoms with Crippen molar-refractivity contribution in [1.29, 1.82) is 0 Å². The zero-order chi connectivity index (χ0) is 18.5. The van der Waals surface area contributed by atoms with Crippen molar-refractivity contribution in [2.24, 2.45) is 5.10 Å². The molecule has 5 nitrogen and oxygen atoms in total. The maximum absolute atomic E-state index is 12.1. The zero-order valence-electron chi connectivity index (χ0n) is 13.4. The Morgan fingerprint density at radius 1 is 1.12 bits per heavy atom. The normalized spacial score (nSPS) is 11.0. The number of amides is 1. The summed E-state index contributed by atoms with van der Waals surface area (Å²) in [7, 11) is 0. The number of nitrogens with one attached hydrogen (secondary N) is 1. The third kappa shape index (κ3) is 4.64. The largest absolute Gasteiger partial charge is 0.291 e. The van der Waals surface area contributed by atoms with Crippen molar-refractivity contribution in [3.05, 3.63) is 86.6 Å². The summed E-state index contributed by atoms with van der Waals surface area (Å²) >= 11 is 18.1. The van der Waals surface area contributed by atoms with Crippen LogP contribution in [0.15, 0.2) is 59.8 Å². The van der Waals surface area contributed by atoms with Crippen molar-refractivity contribution in [2.45, 2.75) is 6.54 Å². The second-order valence-electron chi connectivity index (χ2n) is 5.35. The third-order valence-corrected chi connectivity index (χ3v) is 4.43. The van der Waals surface area contributed by atoms with E-state index in [2.05, 4.69) is 15.6 Å². The molecule has 0 fully saturated rings. The molecule has 0 saturated carbocycles. The molecule has 1 amide bonds. The van der Waals surface area contributed by atoms with Gasteiger partial charge in [0.15, 0.2) is 5.69 Å². The lowest BCUT2D eigenvalue weighted by Crippen LogP contribution is -2.18. The summed E-state index contributed by atoms with van der Waals surface area (Å²) in [5, 5.41) is 9.79. The van der Waals surface area contributed by atoms with E-state index in [0.717, 1.165) is 5.56 Å². The number of hydrazone groups is 1. The lowest BCUT2D eigenvalue weighted by molar-refractivity contribution is 0.0949. The van der Waals surface area contributed by atoms with Crippen molar-refractivity contribution < 1.29 is 4.79 Å². The second kappa shape index (κ2) is 8.36. The van der Waals surface area contributed by atoms with Crippen LogP contribution in [-0.4, -0.2) is 21.9 Å². The van der Waals surface area contributed by atoms with Gasteiger partial charge in [-0.25, -0.2) is 5.43 Å². The quantitative estimate of drug-likeness (QED) is 0.494. The fourth-order valence-electron chi connectivity index (χ4n) is 2.19. The van der Waals surface area contributed by atoms with Crippen LogP contribution < -0.4 is 5.43 Å². The van der Waals surface area contributed by atoms with E-state index in [1.165, 1.54) is 6.21 Å². The van der Waals surface area contributed by atoms with E-state index < -0.39 is 5.91 Å². The topological polar surface area (TPSA) is 59.3 Å². The molecule has 0 bridgehead atoms. The predicted octanol–water partition coefficient (Wildman–Crippen LogP) is 4.66. The van der Waals surface area contributed by atoms with Crippen LogP contribution in [0.5, 0.6) is 0 Å². The van der Waals surface area contributed by atoms with Gasteiger partial charge in [-0.05, 0) is 29.8 Å². The number of rotatable bonds is 5. The average Bonchev–Trinajstić information content (AvgIpc) is 3.08. The molecule has 2 aromatic carbocycles. The molecule has 0 aliphatic rings. The van der Waals surface area contributed by atoms with Crippen LogP contribution in [0.1, 0.15) is 21.6 Å². The van der Waals surface area contributed by atoms with Crippen molar-refractivity contribution in [3.63, 3.8) is 0 Å². The van der Waals surface area contributed by atoms with Crippen LogP contribution in [-0.2, 0) is 6.54 Å². The Kier molecular flexibility index (Phi) is 5.93. The molecule has 3 aromatic rings. The van der Waals surface area contributed by atoms with E-state index in [0.29, 0.717) is 27.2 Å². The van der Waals surface area contributed by atoms with Gasteiger partial charge in [-0.15, -0.1) is 0 Å². The highest BCUT2D eigenvalue weighted by Crippen LogP contribution is 2.21. The van der Waals surface area contributed by atoms with E-state index in [4.69, 9.17) is 34.8 Å². The molecule has 1 aromatic heterocycles. The number of aromatic nitrogens is 2. The molecule has 0 aliphatic carbocycles. The minimum absolute atomic E-state index is 0.242. The summed E-state index contributed by atoms with van der Waals surface area (Å²) in [6.07, 6.45) is 3.17. The Morgan fingerprint density at radius 2 is 1.92 bits per heavy atom. The predicted molar refractivity (Wildman–Crippen MR) is 104 cm³/mol. The number of hydrogen-bond donors (Lipinski definition) is 1. The van der Waals surface area contributed by atoms with E-state index >= 15 is 0 Å². The summed E-state index contributed by atoms with van der Waals surface area (Å²) in [5.74, 6) is -0.422. The summed E-state index contributed by atoms with van der Waals surface area (Å²) in [4.78, 5) is 12.1. The molecule has 3 rings (SSSR count). The Bertz CT molecular complexity index is 969. The molecule has 0 unspecified atom stereocenters. The fraction of sp³-hybridized carbons (Fsp3) is 0.0556. The van der Waals surface area contributed by atoms with E-state index in [1.54, 1.807) is 41.2 Å². The fourth-order valence-corrected chi connectivity index (χ4v) is 2.85. The van der Waals surface area contributed by atoms with Gasteiger partial charge < -0.3 is 0 Å². The van der Waals surface area contributed by atoms with E-state index in [1.807, 2.05) is 18.2 Å². The SMILES string of the molecule is O=C(NN=Cc1ccccc1Cl)c1ccn(Cc2ccc(Cl)cc2Cl)n1. The van der Waals surface area contributed by atoms with Gasteiger partial charge in [0, 0.05) is 26.8 Å². The summed E-state index contributed by atoms with van der Waals surface area (Å²) in [6, 6.07) is 14.0. The number of carbonyl (C=O) groups excluding carboxylic acids is 1. The van der Waals surface area contributed by atoms with Gasteiger partial charge in [0.1, 0.15) is 0 Å².